The van der Waals surface area contributed by atoms with Gasteiger partial charge in [0.2, 0.25) is 0 Å². The van der Waals surface area contributed by atoms with Gasteiger partial charge in [0.05, 0.1) is 5.69 Å². The fourth-order valence-corrected chi connectivity index (χ4v) is 9.29. The summed E-state index contributed by atoms with van der Waals surface area (Å²) in [6.07, 6.45) is 0. The Bertz CT molecular complexity index is 2830. The lowest BCUT2D eigenvalue weighted by Crippen LogP contribution is -2.19. The Morgan fingerprint density at radius 1 is 0.393 bits per heavy atom. The topological polar surface area (TPSA) is 3.24 Å². The number of hydrogen-bond acceptors (Lipinski definition) is 2. The molecule has 2 heteroatoms. The first kappa shape index (κ1) is 35.7. The number of anilines is 3. The average molecular weight is 742 g/mol. The van der Waals surface area contributed by atoms with E-state index in [-0.39, 0.29) is 10.8 Å². The van der Waals surface area contributed by atoms with E-state index >= 15 is 0 Å². The Hall–Kier alpha value is -5.96. The lowest BCUT2D eigenvalue weighted by molar-refractivity contribution is 0.569. The fraction of sp³-hybridized carbons (Fsp3) is 0.148. The van der Waals surface area contributed by atoms with Crippen LogP contribution in [0.1, 0.15) is 52.7 Å². The van der Waals surface area contributed by atoms with Crippen LogP contribution in [-0.2, 0) is 10.8 Å². The lowest BCUT2D eigenvalue weighted by Gasteiger charge is -2.32. The Labute approximate surface area is 335 Å². The highest BCUT2D eigenvalue weighted by molar-refractivity contribution is 7.25. The Morgan fingerprint density at radius 3 is 1.62 bits per heavy atom. The van der Waals surface area contributed by atoms with Crippen molar-refractivity contribution >= 4 is 59.3 Å². The molecule has 0 spiro atoms. The first-order valence-electron chi connectivity index (χ1n) is 19.7. The standard InChI is InChI=1S/C54H47NS/c1-53(2,3)39-33-40(54(4,5)6)35-42(34-39)55(41-31-29-37(30-32-41)44-24-16-28-50-52(44)47-22-11-13-27-49(47)56-50)48-26-12-10-21-45(48)46-25-15-20-38-19-14-23-43(51(38)46)36-17-8-7-9-18-36/h7-35H,1-6H3. The molecule has 0 aliphatic rings. The Morgan fingerprint density at radius 2 is 0.929 bits per heavy atom. The highest BCUT2D eigenvalue weighted by atomic mass is 32.1. The Balaban J connectivity index is 1.28. The summed E-state index contributed by atoms with van der Waals surface area (Å²) in [7, 11) is 0. The van der Waals surface area contributed by atoms with Gasteiger partial charge in [0, 0.05) is 37.1 Å². The van der Waals surface area contributed by atoms with Crippen LogP contribution < -0.4 is 4.90 Å². The molecule has 9 aromatic rings. The van der Waals surface area contributed by atoms with Gasteiger partial charge in [0.15, 0.2) is 0 Å². The van der Waals surface area contributed by atoms with E-state index in [1.165, 1.54) is 75.5 Å². The molecule has 0 N–H and O–H groups in total. The summed E-state index contributed by atoms with van der Waals surface area (Å²) in [5.41, 5.74) is 13.4. The van der Waals surface area contributed by atoms with Crippen LogP contribution in [0.4, 0.5) is 17.1 Å². The molecule has 8 aromatic carbocycles. The molecule has 0 atom stereocenters. The molecule has 0 bridgehead atoms. The molecule has 0 amide bonds. The van der Waals surface area contributed by atoms with Gasteiger partial charge in [0.25, 0.3) is 0 Å². The van der Waals surface area contributed by atoms with E-state index in [0.717, 1.165) is 17.1 Å². The third-order valence-corrected chi connectivity index (χ3v) is 12.3. The van der Waals surface area contributed by atoms with Gasteiger partial charge in [-0.05, 0) is 103 Å². The summed E-state index contributed by atoms with van der Waals surface area (Å²) in [5, 5.41) is 5.15. The predicted octanol–water partition coefficient (Wildman–Crippen LogP) is 16.3. The van der Waals surface area contributed by atoms with E-state index in [2.05, 4.69) is 222 Å². The van der Waals surface area contributed by atoms with Crippen molar-refractivity contribution in [2.75, 3.05) is 4.90 Å². The number of hydrogen-bond donors (Lipinski definition) is 0. The summed E-state index contributed by atoms with van der Waals surface area (Å²) in [4.78, 5) is 2.49. The van der Waals surface area contributed by atoms with E-state index in [1.807, 2.05) is 11.3 Å². The Kier molecular flexibility index (Phi) is 8.91. The number of benzene rings is 8. The maximum absolute atomic E-state index is 2.49. The van der Waals surface area contributed by atoms with Crippen molar-refractivity contribution in [1.82, 2.24) is 0 Å². The van der Waals surface area contributed by atoms with E-state index in [1.54, 1.807) is 0 Å². The molecule has 56 heavy (non-hydrogen) atoms. The molecule has 0 saturated heterocycles. The first-order valence-corrected chi connectivity index (χ1v) is 20.5. The molecule has 0 fully saturated rings. The number of fused-ring (bicyclic) bond motifs is 4. The van der Waals surface area contributed by atoms with E-state index in [4.69, 9.17) is 0 Å². The molecule has 1 heterocycles. The summed E-state index contributed by atoms with van der Waals surface area (Å²) < 4.78 is 2.65. The fourth-order valence-electron chi connectivity index (χ4n) is 8.16. The van der Waals surface area contributed by atoms with Crippen LogP contribution in [0.3, 0.4) is 0 Å². The van der Waals surface area contributed by atoms with Gasteiger partial charge in [-0.3, -0.25) is 0 Å². The quantitative estimate of drug-likeness (QED) is 0.164. The summed E-state index contributed by atoms with van der Waals surface area (Å²) in [6.45, 7) is 13.9. The number of para-hydroxylation sites is 1. The van der Waals surface area contributed by atoms with Crippen molar-refractivity contribution in [3.63, 3.8) is 0 Å². The maximum atomic E-state index is 2.49. The minimum Gasteiger partial charge on any atom is -0.310 e. The molecule has 0 radical (unpaired) electrons. The number of nitrogens with zero attached hydrogens (tertiary/aromatic N) is 1. The van der Waals surface area contributed by atoms with Crippen molar-refractivity contribution < 1.29 is 0 Å². The second kappa shape index (κ2) is 14.0. The van der Waals surface area contributed by atoms with E-state index in [0.29, 0.717) is 0 Å². The summed E-state index contributed by atoms with van der Waals surface area (Å²) >= 11 is 1.87. The zero-order valence-electron chi connectivity index (χ0n) is 33.1. The van der Waals surface area contributed by atoms with Gasteiger partial charge in [-0.1, -0.05) is 175 Å². The zero-order chi connectivity index (χ0) is 38.6. The molecule has 9 rings (SSSR count). The molecular weight excluding hydrogens is 695 g/mol. The van der Waals surface area contributed by atoms with Gasteiger partial charge in [-0.15, -0.1) is 11.3 Å². The minimum absolute atomic E-state index is 0.0345. The van der Waals surface area contributed by atoms with Crippen molar-refractivity contribution in [3.05, 3.63) is 187 Å². The third kappa shape index (κ3) is 6.48. The highest BCUT2D eigenvalue weighted by Crippen LogP contribution is 2.47. The van der Waals surface area contributed by atoms with Crippen LogP contribution in [-0.4, -0.2) is 0 Å². The number of rotatable bonds is 6. The van der Waals surface area contributed by atoms with Crippen LogP contribution in [0.25, 0.3) is 64.3 Å². The summed E-state index contributed by atoms with van der Waals surface area (Å²) in [5.74, 6) is 0. The van der Waals surface area contributed by atoms with Gasteiger partial charge in [-0.25, -0.2) is 0 Å². The smallest absolute Gasteiger partial charge is 0.0540 e. The minimum atomic E-state index is -0.0345. The van der Waals surface area contributed by atoms with Crippen LogP contribution in [0, 0.1) is 0 Å². The SMILES string of the molecule is CC(C)(C)c1cc(N(c2ccc(-c3cccc4sc5ccccc5c34)cc2)c2ccccc2-c2cccc3cccc(-c4ccccc4)c23)cc(C(C)(C)C)c1. The molecule has 274 valence electrons. The largest absolute Gasteiger partial charge is 0.310 e. The molecule has 0 aliphatic heterocycles. The second-order valence-corrected chi connectivity index (χ2v) is 18.1. The normalized spacial score (nSPS) is 12.1. The maximum Gasteiger partial charge on any atom is 0.0540 e. The summed E-state index contributed by atoms with van der Waals surface area (Å²) in [6, 6.07) is 65.2. The van der Waals surface area contributed by atoms with Crippen molar-refractivity contribution in [2.45, 2.75) is 52.4 Å². The zero-order valence-corrected chi connectivity index (χ0v) is 33.9. The third-order valence-electron chi connectivity index (χ3n) is 11.2. The average Bonchev–Trinajstić information content (AvgIpc) is 3.60. The molecular formula is C54H47NS. The van der Waals surface area contributed by atoms with Gasteiger partial charge >= 0.3 is 0 Å². The molecule has 0 saturated carbocycles. The molecule has 1 nitrogen and oxygen atoms in total. The van der Waals surface area contributed by atoms with Crippen LogP contribution in [0.5, 0.6) is 0 Å². The highest BCUT2D eigenvalue weighted by Gasteiger charge is 2.25. The van der Waals surface area contributed by atoms with Gasteiger partial charge in [0.1, 0.15) is 0 Å². The van der Waals surface area contributed by atoms with Gasteiger partial charge in [-0.2, -0.15) is 0 Å². The van der Waals surface area contributed by atoms with Crippen LogP contribution in [0.15, 0.2) is 176 Å². The van der Waals surface area contributed by atoms with Crippen molar-refractivity contribution in [1.29, 1.82) is 0 Å². The first-order chi connectivity index (χ1) is 27.0. The number of thiophene rings is 1. The van der Waals surface area contributed by atoms with Crippen molar-refractivity contribution in [2.24, 2.45) is 0 Å². The van der Waals surface area contributed by atoms with Crippen LogP contribution >= 0.6 is 11.3 Å². The molecule has 0 unspecified atom stereocenters. The van der Waals surface area contributed by atoms with E-state index < -0.39 is 0 Å². The van der Waals surface area contributed by atoms with Crippen molar-refractivity contribution in [3.8, 4) is 33.4 Å². The van der Waals surface area contributed by atoms with Crippen LogP contribution in [0.2, 0.25) is 0 Å². The predicted molar refractivity (Wildman–Crippen MR) is 245 cm³/mol. The monoisotopic (exact) mass is 741 g/mol. The molecule has 1 aromatic heterocycles. The molecule has 0 aliphatic carbocycles. The van der Waals surface area contributed by atoms with Gasteiger partial charge < -0.3 is 4.90 Å². The lowest BCUT2D eigenvalue weighted by atomic mass is 9.80. The van der Waals surface area contributed by atoms with E-state index in [9.17, 15) is 0 Å². The second-order valence-electron chi connectivity index (χ2n) is 17.0.